The van der Waals surface area contributed by atoms with Crippen LogP contribution in [0.1, 0.15) is 55.8 Å². The number of carbonyl (C=O) groups is 1. The SMILES string of the molecule is CCOC(=O)C(O)c1ccccc1C1CCCC1. The normalized spacial score (nSPS) is 17.7. The van der Waals surface area contributed by atoms with Gasteiger partial charge in [-0.1, -0.05) is 37.1 Å². The maximum Gasteiger partial charge on any atom is 0.339 e. The van der Waals surface area contributed by atoms with E-state index in [1.165, 1.54) is 12.8 Å². The van der Waals surface area contributed by atoms with Crippen molar-refractivity contribution in [3.8, 4) is 0 Å². The minimum absolute atomic E-state index is 0.293. The quantitative estimate of drug-likeness (QED) is 0.833. The van der Waals surface area contributed by atoms with Crippen molar-refractivity contribution in [2.75, 3.05) is 6.61 Å². The first kappa shape index (κ1) is 13.1. The Morgan fingerprint density at radius 3 is 2.72 bits per heavy atom. The van der Waals surface area contributed by atoms with Crippen molar-refractivity contribution in [1.29, 1.82) is 0 Å². The van der Waals surface area contributed by atoms with Crippen molar-refractivity contribution in [2.45, 2.75) is 44.6 Å². The number of hydrogen-bond donors (Lipinski definition) is 1. The Morgan fingerprint density at radius 2 is 2.06 bits per heavy atom. The molecule has 1 aliphatic rings. The second-order valence-corrected chi connectivity index (χ2v) is 4.76. The van der Waals surface area contributed by atoms with E-state index in [9.17, 15) is 9.90 Å². The number of benzene rings is 1. The maximum atomic E-state index is 11.6. The molecule has 1 aliphatic carbocycles. The molecular weight excluding hydrogens is 228 g/mol. The van der Waals surface area contributed by atoms with Gasteiger partial charge in [0.2, 0.25) is 0 Å². The summed E-state index contributed by atoms with van der Waals surface area (Å²) < 4.78 is 4.89. The monoisotopic (exact) mass is 248 g/mol. The van der Waals surface area contributed by atoms with E-state index >= 15 is 0 Å². The smallest absolute Gasteiger partial charge is 0.339 e. The molecule has 18 heavy (non-hydrogen) atoms. The van der Waals surface area contributed by atoms with Crippen LogP contribution in [0.2, 0.25) is 0 Å². The number of aliphatic hydroxyl groups is 1. The van der Waals surface area contributed by atoms with Crippen LogP contribution in [0.25, 0.3) is 0 Å². The summed E-state index contributed by atoms with van der Waals surface area (Å²) in [5.74, 6) is -0.0757. The second-order valence-electron chi connectivity index (χ2n) is 4.76. The van der Waals surface area contributed by atoms with E-state index in [0.717, 1.165) is 18.4 Å². The summed E-state index contributed by atoms with van der Waals surface area (Å²) in [7, 11) is 0. The van der Waals surface area contributed by atoms with Crippen LogP contribution in [-0.4, -0.2) is 17.7 Å². The van der Waals surface area contributed by atoms with Crippen LogP contribution in [0.15, 0.2) is 24.3 Å². The van der Waals surface area contributed by atoms with Crippen molar-refractivity contribution < 1.29 is 14.6 Å². The van der Waals surface area contributed by atoms with Crippen LogP contribution >= 0.6 is 0 Å². The van der Waals surface area contributed by atoms with Crippen LogP contribution in [0.4, 0.5) is 0 Å². The summed E-state index contributed by atoms with van der Waals surface area (Å²) in [5.41, 5.74) is 1.82. The summed E-state index contributed by atoms with van der Waals surface area (Å²) in [4.78, 5) is 11.6. The molecule has 3 heteroatoms. The highest BCUT2D eigenvalue weighted by molar-refractivity contribution is 5.76. The molecule has 0 heterocycles. The Labute approximate surface area is 108 Å². The lowest BCUT2D eigenvalue weighted by Gasteiger charge is -2.18. The van der Waals surface area contributed by atoms with Gasteiger partial charge in [0.25, 0.3) is 0 Å². The first-order valence-corrected chi connectivity index (χ1v) is 6.67. The molecule has 0 amide bonds. The lowest BCUT2D eigenvalue weighted by Crippen LogP contribution is -2.17. The second kappa shape index (κ2) is 6.01. The molecule has 1 fully saturated rings. The summed E-state index contributed by atoms with van der Waals surface area (Å²) in [6.07, 6.45) is 3.60. The van der Waals surface area contributed by atoms with Gasteiger partial charge in [0, 0.05) is 0 Å². The lowest BCUT2D eigenvalue weighted by atomic mass is 9.90. The molecule has 0 radical (unpaired) electrons. The Morgan fingerprint density at radius 1 is 1.39 bits per heavy atom. The number of ether oxygens (including phenoxy) is 1. The standard InChI is InChI=1S/C15H20O3/c1-2-18-15(17)14(16)13-10-6-5-9-12(13)11-7-3-4-8-11/h5-6,9-11,14,16H,2-4,7-8H2,1H3. The van der Waals surface area contributed by atoms with Crippen LogP contribution in [0.5, 0.6) is 0 Å². The average Bonchev–Trinajstić information content (AvgIpc) is 2.92. The zero-order chi connectivity index (χ0) is 13.0. The Bertz CT molecular complexity index is 408. The van der Waals surface area contributed by atoms with E-state index in [1.54, 1.807) is 6.92 Å². The molecule has 0 aromatic heterocycles. The highest BCUT2D eigenvalue weighted by Gasteiger charge is 2.26. The van der Waals surface area contributed by atoms with Crippen LogP contribution in [0, 0.1) is 0 Å². The predicted octanol–water partition coefficient (Wildman–Crippen LogP) is 2.94. The topological polar surface area (TPSA) is 46.5 Å². The predicted molar refractivity (Wildman–Crippen MR) is 69.2 cm³/mol. The molecule has 98 valence electrons. The largest absolute Gasteiger partial charge is 0.464 e. The van der Waals surface area contributed by atoms with Gasteiger partial charge in [0.05, 0.1) is 6.61 Å². The highest BCUT2D eigenvalue weighted by Crippen LogP contribution is 2.37. The van der Waals surface area contributed by atoms with Crippen LogP contribution in [0.3, 0.4) is 0 Å². The van der Waals surface area contributed by atoms with Gasteiger partial charge in [0.1, 0.15) is 0 Å². The van der Waals surface area contributed by atoms with E-state index in [-0.39, 0.29) is 0 Å². The fraction of sp³-hybridized carbons (Fsp3) is 0.533. The van der Waals surface area contributed by atoms with Gasteiger partial charge in [-0.05, 0) is 36.8 Å². The summed E-state index contributed by atoms with van der Waals surface area (Å²) >= 11 is 0. The van der Waals surface area contributed by atoms with E-state index in [0.29, 0.717) is 18.1 Å². The van der Waals surface area contributed by atoms with Crippen LogP contribution < -0.4 is 0 Å². The number of hydrogen-bond acceptors (Lipinski definition) is 3. The fourth-order valence-corrected chi connectivity index (χ4v) is 2.72. The minimum Gasteiger partial charge on any atom is -0.464 e. The average molecular weight is 248 g/mol. The molecule has 3 nitrogen and oxygen atoms in total. The zero-order valence-corrected chi connectivity index (χ0v) is 10.8. The van der Waals surface area contributed by atoms with E-state index < -0.39 is 12.1 Å². The molecule has 1 aromatic carbocycles. The van der Waals surface area contributed by atoms with Crippen molar-refractivity contribution in [2.24, 2.45) is 0 Å². The van der Waals surface area contributed by atoms with Gasteiger partial charge in [-0.2, -0.15) is 0 Å². The molecule has 1 saturated carbocycles. The number of carbonyl (C=O) groups excluding carboxylic acids is 1. The molecule has 0 saturated heterocycles. The van der Waals surface area contributed by atoms with Crippen molar-refractivity contribution in [3.05, 3.63) is 35.4 Å². The fourth-order valence-electron chi connectivity index (χ4n) is 2.72. The summed E-state index contributed by atoms with van der Waals surface area (Å²) in [5, 5.41) is 10.1. The first-order valence-electron chi connectivity index (χ1n) is 6.67. The Hall–Kier alpha value is -1.35. The summed E-state index contributed by atoms with van der Waals surface area (Å²) in [6, 6.07) is 7.67. The Kier molecular flexibility index (Phi) is 4.37. The maximum absolute atomic E-state index is 11.6. The third-order valence-electron chi connectivity index (χ3n) is 3.60. The van der Waals surface area contributed by atoms with E-state index in [4.69, 9.17) is 4.74 Å². The van der Waals surface area contributed by atoms with Crippen molar-refractivity contribution in [1.82, 2.24) is 0 Å². The Balaban J connectivity index is 2.23. The van der Waals surface area contributed by atoms with E-state index in [1.807, 2.05) is 24.3 Å². The molecule has 1 aromatic rings. The molecular formula is C15H20O3. The van der Waals surface area contributed by atoms with Gasteiger partial charge in [-0.3, -0.25) is 0 Å². The third-order valence-corrected chi connectivity index (χ3v) is 3.60. The van der Waals surface area contributed by atoms with Crippen molar-refractivity contribution in [3.63, 3.8) is 0 Å². The van der Waals surface area contributed by atoms with Gasteiger partial charge in [0.15, 0.2) is 6.10 Å². The minimum atomic E-state index is -1.15. The van der Waals surface area contributed by atoms with E-state index in [2.05, 4.69) is 0 Å². The molecule has 1 N–H and O–H groups in total. The molecule has 0 spiro atoms. The molecule has 1 unspecified atom stereocenters. The molecule has 1 atom stereocenters. The lowest BCUT2D eigenvalue weighted by molar-refractivity contribution is -0.153. The zero-order valence-electron chi connectivity index (χ0n) is 10.8. The summed E-state index contributed by atoms with van der Waals surface area (Å²) in [6.45, 7) is 2.04. The van der Waals surface area contributed by atoms with Gasteiger partial charge in [-0.25, -0.2) is 4.79 Å². The number of aliphatic hydroxyl groups excluding tert-OH is 1. The van der Waals surface area contributed by atoms with Gasteiger partial charge < -0.3 is 9.84 Å². The van der Waals surface area contributed by atoms with Gasteiger partial charge in [-0.15, -0.1) is 0 Å². The molecule has 2 rings (SSSR count). The third kappa shape index (κ3) is 2.72. The number of rotatable bonds is 4. The first-order chi connectivity index (χ1) is 8.74. The number of esters is 1. The van der Waals surface area contributed by atoms with Gasteiger partial charge >= 0.3 is 5.97 Å². The molecule has 0 aliphatic heterocycles. The van der Waals surface area contributed by atoms with Crippen LogP contribution in [-0.2, 0) is 9.53 Å². The van der Waals surface area contributed by atoms with Crippen molar-refractivity contribution >= 4 is 5.97 Å². The molecule has 0 bridgehead atoms. The highest BCUT2D eigenvalue weighted by atomic mass is 16.5.